The summed E-state index contributed by atoms with van der Waals surface area (Å²) in [6.07, 6.45) is 6.11. The monoisotopic (exact) mass is 530 g/mol. The summed E-state index contributed by atoms with van der Waals surface area (Å²) in [5, 5.41) is 6.78. The first-order chi connectivity index (χ1) is 16.8. The SMILES string of the molecule is Cc1cccc(Cl)c1NC(=O)c1cnc(Nc2cccc(S(=O)(=O)NCCCc3ncc[nH]3)c2)s1. The first-order valence-corrected chi connectivity index (χ1v) is 13.4. The molecule has 4 aromatic rings. The van der Waals surface area contributed by atoms with E-state index < -0.39 is 10.0 Å². The van der Waals surface area contributed by atoms with Crippen LogP contribution in [0.15, 0.2) is 66.0 Å². The highest BCUT2D eigenvalue weighted by Crippen LogP contribution is 2.28. The maximum absolute atomic E-state index is 12.7. The summed E-state index contributed by atoms with van der Waals surface area (Å²) in [7, 11) is -3.68. The summed E-state index contributed by atoms with van der Waals surface area (Å²) in [5.41, 5.74) is 1.93. The van der Waals surface area contributed by atoms with Gasteiger partial charge in [0.05, 0.1) is 21.8 Å². The number of carbonyl (C=O) groups is 1. The van der Waals surface area contributed by atoms with Gasteiger partial charge in [-0.15, -0.1) is 0 Å². The topological polar surface area (TPSA) is 129 Å². The first-order valence-electron chi connectivity index (χ1n) is 10.7. The molecule has 35 heavy (non-hydrogen) atoms. The van der Waals surface area contributed by atoms with E-state index in [-0.39, 0.29) is 17.3 Å². The molecular weight excluding hydrogens is 508 g/mol. The summed E-state index contributed by atoms with van der Waals surface area (Å²) >= 11 is 7.34. The number of nitrogens with zero attached hydrogens (tertiary/aromatic N) is 2. The van der Waals surface area contributed by atoms with Gasteiger partial charge in [-0.1, -0.05) is 41.1 Å². The summed E-state index contributed by atoms with van der Waals surface area (Å²) < 4.78 is 28.0. The van der Waals surface area contributed by atoms with E-state index in [1.54, 1.807) is 30.6 Å². The summed E-state index contributed by atoms with van der Waals surface area (Å²) in [6.45, 7) is 2.15. The number of rotatable bonds is 10. The van der Waals surface area contributed by atoms with Gasteiger partial charge < -0.3 is 15.6 Å². The molecule has 0 radical (unpaired) electrons. The van der Waals surface area contributed by atoms with Crippen molar-refractivity contribution in [2.75, 3.05) is 17.2 Å². The average Bonchev–Trinajstić information content (AvgIpc) is 3.52. The number of H-pyrrole nitrogens is 1. The molecule has 182 valence electrons. The summed E-state index contributed by atoms with van der Waals surface area (Å²) in [4.78, 5) is 24.5. The van der Waals surface area contributed by atoms with Crippen LogP contribution in [-0.4, -0.2) is 35.8 Å². The van der Waals surface area contributed by atoms with Crippen molar-refractivity contribution in [2.24, 2.45) is 0 Å². The minimum Gasteiger partial charge on any atom is -0.349 e. The number of benzene rings is 2. The molecule has 0 unspecified atom stereocenters. The van der Waals surface area contributed by atoms with E-state index in [9.17, 15) is 13.2 Å². The minimum absolute atomic E-state index is 0.129. The lowest BCUT2D eigenvalue weighted by Crippen LogP contribution is -2.25. The van der Waals surface area contributed by atoms with Gasteiger partial charge >= 0.3 is 0 Å². The first kappa shape index (κ1) is 24.9. The van der Waals surface area contributed by atoms with E-state index in [0.717, 1.165) is 22.7 Å². The molecular formula is C23H23ClN6O3S2. The highest BCUT2D eigenvalue weighted by atomic mass is 35.5. The van der Waals surface area contributed by atoms with Crippen molar-refractivity contribution in [3.05, 3.63) is 82.3 Å². The Balaban J connectivity index is 1.37. The van der Waals surface area contributed by atoms with E-state index in [1.807, 2.05) is 19.1 Å². The number of anilines is 3. The van der Waals surface area contributed by atoms with Gasteiger partial charge in [0.1, 0.15) is 10.7 Å². The van der Waals surface area contributed by atoms with E-state index in [0.29, 0.717) is 39.2 Å². The molecule has 2 heterocycles. The van der Waals surface area contributed by atoms with Crippen LogP contribution in [0.5, 0.6) is 0 Å². The fraction of sp³-hybridized carbons (Fsp3) is 0.174. The van der Waals surface area contributed by atoms with Crippen LogP contribution in [0, 0.1) is 6.92 Å². The number of nitrogens with one attached hydrogen (secondary N) is 4. The fourth-order valence-electron chi connectivity index (χ4n) is 3.25. The predicted octanol–water partition coefficient (Wildman–Crippen LogP) is 4.74. The molecule has 4 N–H and O–H groups in total. The molecule has 0 spiro atoms. The van der Waals surface area contributed by atoms with Gasteiger partial charge in [0.25, 0.3) is 5.91 Å². The van der Waals surface area contributed by atoms with Gasteiger partial charge in [0.2, 0.25) is 10.0 Å². The van der Waals surface area contributed by atoms with Crippen molar-refractivity contribution < 1.29 is 13.2 Å². The molecule has 9 nitrogen and oxygen atoms in total. The summed E-state index contributed by atoms with van der Waals surface area (Å²) in [6, 6.07) is 11.8. The Morgan fingerprint density at radius 3 is 2.77 bits per heavy atom. The van der Waals surface area contributed by atoms with Gasteiger partial charge in [-0.25, -0.2) is 23.1 Å². The number of hydrogen-bond donors (Lipinski definition) is 4. The number of hydrogen-bond acceptors (Lipinski definition) is 7. The maximum Gasteiger partial charge on any atom is 0.267 e. The molecule has 2 aromatic carbocycles. The molecule has 12 heteroatoms. The maximum atomic E-state index is 12.7. The zero-order chi connectivity index (χ0) is 24.8. The average molecular weight is 531 g/mol. The van der Waals surface area contributed by atoms with Crippen LogP contribution in [-0.2, 0) is 16.4 Å². The molecule has 0 bridgehead atoms. The predicted molar refractivity (Wildman–Crippen MR) is 138 cm³/mol. The van der Waals surface area contributed by atoms with Crippen LogP contribution in [0.2, 0.25) is 5.02 Å². The Morgan fingerprint density at radius 2 is 2.00 bits per heavy atom. The molecule has 0 saturated carbocycles. The molecule has 4 rings (SSSR count). The molecule has 0 saturated heterocycles. The lowest BCUT2D eigenvalue weighted by Gasteiger charge is -2.09. The Labute approximate surface area is 212 Å². The molecule has 0 fully saturated rings. The van der Waals surface area contributed by atoms with E-state index >= 15 is 0 Å². The third-order valence-electron chi connectivity index (χ3n) is 5.02. The molecule has 0 aliphatic rings. The number of amides is 1. The highest BCUT2D eigenvalue weighted by Gasteiger charge is 2.16. The van der Waals surface area contributed by atoms with Crippen LogP contribution in [0.1, 0.15) is 27.5 Å². The third kappa shape index (κ3) is 6.45. The number of halogens is 1. The second-order valence-electron chi connectivity index (χ2n) is 7.61. The zero-order valence-corrected chi connectivity index (χ0v) is 21.1. The van der Waals surface area contributed by atoms with Gasteiger partial charge in [0, 0.05) is 31.0 Å². The molecule has 0 aliphatic heterocycles. The summed E-state index contributed by atoms with van der Waals surface area (Å²) in [5.74, 6) is 0.482. The number of thiazole rings is 1. The number of aryl methyl sites for hydroxylation is 2. The van der Waals surface area contributed by atoms with E-state index in [4.69, 9.17) is 11.6 Å². The van der Waals surface area contributed by atoms with Crippen molar-refractivity contribution in [3.63, 3.8) is 0 Å². The van der Waals surface area contributed by atoms with Gasteiger partial charge in [-0.2, -0.15) is 0 Å². The quantitative estimate of drug-likeness (QED) is 0.219. The van der Waals surface area contributed by atoms with Gasteiger partial charge in [0.15, 0.2) is 5.13 Å². The van der Waals surface area contributed by atoms with Crippen LogP contribution >= 0.6 is 22.9 Å². The fourth-order valence-corrected chi connectivity index (χ4v) is 5.37. The van der Waals surface area contributed by atoms with Crippen LogP contribution in [0.3, 0.4) is 0 Å². The highest BCUT2D eigenvalue weighted by molar-refractivity contribution is 7.89. The lowest BCUT2D eigenvalue weighted by atomic mass is 10.2. The van der Waals surface area contributed by atoms with Crippen molar-refractivity contribution >= 4 is 55.4 Å². The Kier molecular flexibility index (Phi) is 7.81. The van der Waals surface area contributed by atoms with Crippen LogP contribution in [0.25, 0.3) is 0 Å². The second-order valence-corrected chi connectivity index (χ2v) is 10.8. The van der Waals surface area contributed by atoms with E-state index in [2.05, 4.69) is 30.3 Å². The van der Waals surface area contributed by atoms with Crippen molar-refractivity contribution in [1.29, 1.82) is 0 Å². The Hall–Kier alpha value is -3.25. The molecule has 1 amide bonds. The van der Waals surface area contributed by atoms with Crippen molar-refractivity contribution in [1.82, 2.24) is 19.7 Å². The van der Waals surface area contributed by atoms with Crippen molar-refractivity contribution in [3.8, 4) is 0 Å². The number of imidazole rings is 1. The third-order valence-corrected chi connectivity index (χ3v) is 7.71. The number of carbonyl (C=O) groups excluding carboxylic acids is 1. The Bertz CT molecular complexity index is 1400. The van der Waals surface area contributed by atoms with Gasteiger partial charge in [-0.05, 0) is 43.2 Å². The number of aromatic nitrogens is 3. The molecule has 2 aromatic heterocycles. The largest absolute Gasteiger partial charge is 0.349 e. The number of para-hydroxylation sites is 1. The minimum atomic E-state index is -3.68. The lowest BCUT2D eigenvalue weighted by molar-refractivity contribution is 0.103. The normalized spacial score (nSPS) is 11.4. The zero-order valence-electron chi connectivity index (χ0n) is 18.7. The van der Waals surface area contributed by atoms with E-state index in [1.165, 1.54) is 18.3 Å². The Morgan fingerprint density at radius 1 is 1.17 bits per heavy atom. The van der Waals surface area contributed by atoms with Crippen LogP contribution < -0.4 is 15.4 Å². The van der Waals surface area contributed by atoms with Gasteiger partial charge in [-0.3, -0.25) is 4.79 Å². The number of sulfonamides is 1. The smallest absolute Gasteiger partial charge is 0.267 e. The molecule has 0 aliphatic carbocycles. The van der Waals surface area contributed by atoms with Crippen molar-refractivity contribution in [2.45, 2.75) is 24.7 Å². The van der Waals surface area contributed by atoms with Crippen LogP contribution in [0.4, 0.5) is 16.5 Å². The molecule has 0 atom stereocenters. The standard InChI is InChI=1S/C23H23ClN6O3S2/c1-15-5-2-8-18(24)21(15)30-22(31)19-14-27-23(34-19)29-16-6-3-7-17(13-16)35(32,33)28-10-4-9-20-25-11-12-26-20/h2-3,5-8,11-14,28H,4,9-10H2,1H3,(H,25,26)(H,27,29)(H,30,31). The second kappa shape index (κ2) is 11.0. The number of aromatic amines is 1.